The summed E-state index contributed by atoms with van der Waals surface area (Å²) >= 11 is 0. The molecule has 0 atom stereocenters. The van der Waals surface area contributed by atoms with E-state index < -0.39 is 0 Å². The number of aromatic nitrogens is 3. The molecule has 5 aromatic carbocycles. The Morgan fingerprint density at radius 3 is 1.67 bits per heavy atom. The minimum Gasteiger partial charge on any atom is -0.309 e. The molecule has 0 unspecified atom stereocenters. The van der Waals surface area contributed by atoms with Crippen molar-refractivity contribution in [2.45, 2.75) is 19.3 Å². The van der Waals surface area contributed by atoms with E-state index in [-0.39, 0.29) is 5.41 Å². The maximum absolute atomic E-state index is 4.83. The summed E-state index contributed by atoms with van der Waals surface area (Å²) in [5.74, 6) is 1.74. The quantitative estimate of drug-likeness (QED) is 0.186. The van der Waals surface area contributed by atoms with E-state index in [9.17, 15) is 0 Å². The summed E-state index contributed by atoms with van der Waals surface area (Å²) in [5.41, 5.74) is 10.2. The van der Waals surface area contributed by atoms with Crippen molar-refractivity contribution < 1.29 is 0 Å². The molecule has 48 heavy (non-hydrogen) atoms. The normalized spacial score (nSPS) is 13.0. The molecule has 1 aliphatic heterocycles. The molecule has 0 amide bonds. The summed E-state index contributed by atoms with van der Waals surface area (Å²) < 4.78 is 2.47. The van der Waals surface area contributed by atoms with Crippen LogP contribution in [0, 0.1) is 0 Å². The fraction of sp³-hybridized carbons (Fsp3) is 0.0698. The largest absolute Gasteiger partial charge is 0.309 e. The number of hydrogen-bond donors (Lipinski definition) is 0. The SMILES string of the molecule is CC1(C)c2ccccc2-n2c3ccc(N(c4ccccc4)c4ccccn4)cc3c3cc(N(c4ccccc4)c4ccccn4)cc1c32. The first-order valence-corrected chi connectivity index (χ1v) is 16.3. The second-order valence-corrected chi connectivity index (χ2v) is 12.8. The molecule has 5 nitrogen and oxygen atoms in total. The Morgan fingerprint density at radius 2 is 1.04 bits per heavy atom. The monoisotopic (exact) mass is 619 g/mol. The lowest BCUT2D eigenvalue weighted by Crippen LogP contribution is -2.26. The lowest BCUT2D eigenvalue weighted by atomic mass is 9.74. The number of para-hydroxylation sites is 3. The maximum Gasteiger partial charge on any atom is 0.137 e. The molecule has 3 aromatic heterocycles. The summed E-state index contributed by atoms with van der Waals surface area (Å²) in [7, 11) is 0. The molecule has 0 saturated heterocycles. The van der Waals surface area contributed by atoms with Crippen molar-refractivity contribution in [3.05, 3.63) is 175 Å². The van der Waals surface area contributed by atoms with Crippen LogP contribution in [0.4, 0.5) is 34.4 Å². The van der Waals surface area contributed by atoms with E-state index in [0.29, 0.717) is 0 Å². The Morgan fingerprint density at radius 1 is 0.479 bits per heavy atom. The van der Waals surface area contributed by atoms with Crippen LogP contribution in [-0.2, 0) is 5.41 Å². The third-order valence-electron chi connectivity index (χ3n) is 9.62. The molecule has 0 bridgehead atoms. The van der Waals surface area contributed by atoms with Crippen molar-refractivity contribution in [2.24, 2.45) is 0 Å². The average Bonchev–Trinajstić information content (AvgIpc) is 3.46. The van der Waals surface area contributed by atoms with E-state index in [1.807, 2.05) is 30.6 Å². The molecule has 9 rings (SSSR count). The van der Waals surface area contributed by atoms with E-state index in [4.69, 9.17) is 9.97 Å². The standard InChI is InChI=1S/C43H33N5/c1-43(2)36-19-9-10-20-39(36)48-38-24-23-32(46(30-15-5-3-6-16-30)40-21-11-13-25-44-40)27-34(38)35-28-33(29-37(43)42(35)48)47(31-17-7-4-8-18-31)41-22-12-14-26-45-41/h3-29H,1-2H3. The summed E-state index contributed by atoms with van der Waals surface area (Å²) in [4.78, 5) is 14.1. The summed E-state index contributed by atoms with van der Waals surface area (Å²) in [6.45, 7) is 4.70. The Bertz CT molecular complexity index is 2340. The van der Waals surface area contributed by atoms with Gasteiger partial charge in [-0.25, -0.2) is 9.97 Å². The van der Waals surface area contributed by atoms with Crippen molar-refractivity contribution in [1.82, 2.24) is 14.5 Å². The number of rotatable bonds is 6. The van der Waals surface area contributed by atoms with Gasteiger partial charge in [0, 0.05) is 51.3 Å². The van der Waals surface area contributed by atoms with Crippen LogP contribution in [0.2, 0.25) is 0 Å². The van der Waals surface area contributed by atoms with Gasteiger partial charge in [0.2, 0.25) is 0 Å². The maximum atomic E-state index is 4.83. The van der Waals surface area contributed by atoms with Gasteiger partial charge >= 0.3 is 0 Å². The average molecular weight is 620 g/mol. The van der Waals surface area contributed by atoms with Crippen molar-refractivity contribution in [3.63, 3.8) is 0 Å². The highest BCUT2D eigenvalue weighted by Gasteiger charge is 2.36. The molecule has 5 heteroatoms. The second-order valence-electron chi connectivity index (χ2n) is 12.8. The number of hydrogen-bond acceptors (Lipinski definition) is 4. The number of nitrogens with zero attached hydrogens (tertiary/aromatic N) is 5. The van der Waals surface area contributed by atoms with E-state index in [2.05, 4.69) is 162 Å². The van der Waals surface area contributed by atoms with E-state index in [1.165, 1.54) is 38.6 Å². The van der Waals surface area contributed by atoms with Gasteiger partial charge in [-0.1, -0.05) is 80.6 Å². The van der Waals surface area contributed by atoms with Crippen LogP contribution in [0.3, 0.4) is 0 Å². The van der Waals surface area contributed by atoms with Gasteiger partial charge in [0.1, 0.15) is 11.6 Å². The van der Waals surface area contributed by atoms with Crippen LogP contribution in [0.1, 0.15) is 25.0 Å². The molecule has 0 radical (unpaired) electrons. The fourth-order valence-corrected chi connectivity index (χ4v) is 7.41. The van der Waals surface area contributed by atoms with Gasteiger partial charge in [-0.2, -0.15) is 0 Å². The zero-order valence-electron chi connectivity index (χ0n) is 26.8. The van der Waals surface area contributed by atoms with Crippen LogP contribution >= 0.6 is 0 Å². The van der Waals surface area contributed by atoms with Crippen molar-refractivity contribution in [2.75, 3.05) is 9.80 Å². The second kappa shape index (κ2) is 11.0. The predicted molar refractivity (Wildman–Crippen MR) is 198 cm³/mol. The minimum atomic E-state index is -0.242. The molecule has 8 aromatic rings. The number of pyridine rings is 2. The van der Waals surface area contributed by atoms with Gasteiger partial charge in [0.15, 0.2) is 0 Å². The molecular weight excluding hydrogens is 587 g/mol. The lowest BCUT2D eigenvalue weighted by Gasteiger charge is -2.36. The van der Waals surface area contributed by atoms with Crippen molar-refractivity contribution in [3.8, 4) is 5.69 Å². The number of anilines is 6. The smallest absolute Gasteiger partial charge is 0.137 e. The number of benzene rings is 5. The Kier molecular flexibility index (Phi) is 6.40. The molecule has 0 N–H and O–H groups in total. The topological polar surface area (TPSA) is 37.2 Å². The lowest BCUT2D eigenvalue weighted by molar-refractivity contribution is 0.630. The molecule has 230 valence electrons. The van der Waals surface area contributed by atoms with Crippen molar-refractivity contribution in [1.29, 1.82) is 0 Å². The van der Waals surface area contributed by atoms with E-state index in [1.54, 1.807) is 0 Å². The Balaban J connectivity index is 1.38. The molecule has 0 spiro atoms. The Labute approximate surface area is 280 Å². The summed E-state index contributed by atoms with van der Waals surface area (Å²) in [6, 6.07) is 53.6. The van der Waals surface area contributed by atoms with Gasteiger partial charge in [-0.05, 0) is 96.1 Å². The van der Waals surface area contributed by atoms with Crippen LogP contribution in [0.5, 0.6) is 0 Å². The highest BCUT2D eigenvalue weighted by Crippen LogP contribution is 2.51. The fourth-order valence-electron chi connectivity index (χ4n) is 7.41. The first kappa shape index (κ1) is 28.1. The minimum absolute atomic E-state index is 0.242. The Hall–Kier alpha value is -6.20. The van der Waals surface area contributed by atoms with Gasteiger partial charge in [0.25, 0.3) is 0 Å². The van der Waals surface area contributed by atoms with Gasteiger partial charge in [-0.3, -0.25) is 9.80 Å². The van der Waals surface area contributed by atoms with E-state index in [0.717, 1.165) is 34.4 Å². The van der Waals surface area contributed by atoms with Crippen LogP contribution in [0.25, 0.3) is 27.5 Å². The molecule has 0 saturated carbocycles. The summed E-state index contributed by atoms with van der Waals surface area (Å²) in [5, 5.41) is 2.39. The summed E-state index contributed by atoms with van der Waals surface area (Å²) in [6.07, 6.45) is 3.72. The predicted octanol–water partition coefficient (Wildman–Crippen LogP) is 11.2. The third kappa shape index (κ3) is 4.32. The van der Waals surface area contributed by atoms with Gasteiger partial charge < -0.3 is 4.57 Å². The molecule has 0 fully saturated rings. The first-order chi connectivity index (χ1) is 23.6. The van der Waals surface area contributed by atoms with Crippen molar-refractivity contribution >= 4 is 56.2 Å². The molecular formula is C43H33N5. The van der Waals surface area contributed by atoms with Crippen LogP contribution < -0.4 is 9.80 Å². The third-order valence-corrected chi connectivity index (χ3v) is 9.62. The van der Waals surface area contributed by atoms with Crippen LogP contribution in [-0.4, -0.2) is 14.5 Å². The number of fused-ring (bicyclic) bond motifs is 5. The molecule has 4 heterocycles. The van der Waals surface area contributed by atoms with Gasteiger partial charge in [0.05, 0.1) is 16.7 Å². The molecule has 1 aliphatic rings. The zero-order chi connectivity index (χ0) is 32.2. The van der Waals surface area contributed by atoms with Gasteiger partial charge in [-0.15, -0.1) is 0 Å². The highest BCUT2D eigenvalue weighted by molar-refractivity contribution is 6.14. The van der Waals surface area contributed by atoms with E-state index >= 15 is 0 Å². The zero-order valence-corrected chi connectivity index (χ0v) is 26.8. The molecule has 0 aliphatic carbocycles. The highest BCUT2D eigenvalue weighted by atomic mass is 15.2. The van der Waals surface area contributed by atoms with Crippen LogP contribution in [0.15, 0.2) is 164 Å². The first-order valence-electron chi connectivity index (χ1n) is 16.3.